The summed E-state index contributed by atoms with van der Waals surface area (Å²) in [4.78, 5) is 29.4. The predicted molar refractivity (Wildman–Crippen MR) is 187 cm³/mol. The molecule has 244 valence electrons. The lowest BCUT2D eigenvalue weighted by atomic mass is 9.82. The molecule has 2 saturated heterocycles. The number of methoxy groups -OCH3 is 1. The quantitative estimate of drug-likeness (QED) is 0.253. The zero-order valence-corrected chi connectivity index (χ0v) is 29.6. The molecule has 5 atom stereocenters. The SMILES string of the molecule is COc1ccc([Si](C)(C)[C@H]2[C@H](CCO)O[C@@]3(C(=O)N(Cc4ccc(NC(=O)C5CCCNC5)cc4)c4ccc(Br)cc43)[C@@H]2C)cc1. The molecule has 2 fully saturated rings. The first-order chi connectivity index (χ1) is 22.1. The molecule has 1 spiro atoms. The van der Waals surface area contributed by atoms with Crippen molar-refractivity contribution in [2.45, 2.75) is 63.1 Å². The lowest BCUT2D eigenvalue weighted by Crippen LogP contribution is -2.51. The van der Waals surface area contributed by atoms with Gasteiger partial charge in [0.25, 0.3) is 5.91 Å². The molecule has 10 heteroatoms. The first-order valence-electron chi connectivity index (χ1n) is 16.3. The molecule has 3 aromatic rings. The molecule has 1 unspecified atom stereocenters. The molecule has 8 nitrogen and oxygen atoms in total. The molecule has 3 aromatic carbocycles. The van der Waals surface area contributed by atoms with E-state index < -0.39 is 13.7 Å². The third-order valence-corrected chi connectivity index (χ3v) is 15.3. The molecule has 3 N–H and O–H groups in total. The number of carbonyl (C=O) groups is 2. The number of fused-ring (bicyclic) bond motifs is 2. The monoisotopic (exact) mass is 705 g/mol. The molecule has 6 rings (SSSR count). The maximum Gasteiger partial charge on any atom is 0.264 e. The fourth-order valence-electron chi connectivity index (χ4n) is 8.04. The van der Waals surface area contributed by atoms with E-state index in [2.05, 4.69) is 58.7 Å². The number of carbonyl (C=O) groups excluding carboxylic acids is 2. The van der Waals surface area contributed by atoms with E-state index in [1.807, 2.05) is 59.5 Å². The highest BCUT2D eigenvalue weighted by Crippen LogP contribution is 2.60. The van der Waals surface area contributed by atoms with Gasteiger partial charge in [-0.05, 0) is 79.4 Å². The number of aliphatic hydroxyl groups excluding tert-OH is 1. The van der Waals surface area contributed by atoms with E-state index in [9.17, 15) is 14.7 Å². The van der Waals surface area contributed by atoms with Crippen molar-refractivity contribution in [1.29, 1.82) is 0 Å². The van der Waals surface area contributed by atoms with E-state index >= 15 is 0 Å². The van der Waals surface area contributed by atoms with E-state index in [4.69, 9.17) is 9.47 Å². The number of rotatable bonds is 9. The minimum absolute atomic E-state index is 0.0134. The van der Waals surface area contributed by atoms with Crippen LogP contribution in [0.1, 0.15) is 37.3 Å². The van der Waals surface area contributed by atoms with Crippen LogP contribution in [0.15, 0.2) is 71.2 Å². The summed E-state index contributed by atoms with van der Waals surface area (Å²) in [6.45, 7) is 8.87. The first kappa shape index (κ1) is 32.9. The van der Waals surface area contributed by atoms with Crippen LogP contribution in [-0.2, 0) is 26.5 Å². The van der Waals surface area contributed by atoms with Crippen LogP contribution in [0.2, 0.25) is 18.6 Å². The molecule has 3 aliphatic rings. The van der Waals surface area contributed by atoms with E-state index in [-0.39, 0.29) is 41.9 Å². The van der Waals surface area contributed by atoms with Gasteiger partial charge in [-0.3, -0.25) is 9.59 Å². The molecule has 3 heterocycles. The van der Waals surface area contributed by atoms with E-state index in [0.717, 1.165) is 52.1 Å². The standard InChI is InChI=1S/C36H44BrN3O5Si/c1-23-33(46(3,4)29-14-12-28(44-2)13-15-29)32(17-19-41)45-36(23)30-20-26(37)9-16-31(30)40(35(36)43)22-24-7-10-27(11-8-24)39-34(42)25-6-5-18-38-21-25/h7-16,20,23,25,32-33,38,41H,5-6,17-19,21-22H2,1-4H3,(H,39,42)/t23-,25?,32+,33-,36+/m1/s1. The van der Waals surface area contributed by atoms with Crippen LogP contribution < -0.4 is 25.5 Å². The summed E-state index contributed by atoms with van der Waals surface area (Å²) >= 11 is 3.66. The van der Waals surface area contributed by atoms with Crippen LogP contribution in [0, 0.1) is 11.8 Å². The fraction of sp³-hybridized carbons (Fsp3) is 0.444. The van der Waals surface area contributed by atoms with Crippen molar-refractivity contribution in [3.8, 4) is 5.75 Å². The Bertz CT molecular complexity index is 1580. The summed E-state index contributed by atoms with van der Waals surface area (Å²) in [7, 11) is -0.577. The number of hydrogen-bond donors (Lipinski definition) is 3. The third-order valence-electron chi connectivity index (χ3n) is 10.4. The van der Waals surface area contributed by atoms with E-state index in [1.54, 1.807) is 7.11 Å². The van der Waals surface area contributed by atoms with E-state index in [0.29, 0.717) is 19.5 Å². The summed E-state index contributed by atoms with van der Waals surface area (Å²) in [5, 5.41) is 17.8. The number of hydrogen-bond acceptors (Lipinski definition) is 6. The normalized spacial score (nSPS) is 26.0. The molecule has 0 aliphatic carbocycles. The summed E-state index contributed by atoms with van der Waals surface area (Å²) in [6.07, 6.45) is 2.09. The van der Waals surface area contributed by atoms with Crippen molar-refractivity contribution in [3.05, 3.63) is 82.3 Å². The van der Waals surface area contributed by atoms with Gasteiger partial charge in [0, 0.05) is 34.8 Å². The van der Waals surface area contributed by atoms with Crippen molar-refractivity contribution >= 4 is 52.4 Å². The number of nitrogens with zero attached hydrogens (tertiary/aromatic N) is 1. The van der Waals surface area contributed by atoms with Gasteiger partial charge in [-0.2, -0.15) is 0 Å². The number of benzene rings is 3. The van der Waals surface area contributed by atoms with Gasteiger partial charge in [-0.1, -0.05) is 65.4 Å². The number of anilines is 2. The largest absolute Gasteiger partial charge is 0.497 e. The summed E-state index contributed by atoms with van der Waals surface area (Å²) in [6, 6.07) is 22.0. The van der Waals surface area contributed by atoms with Crippen LogP contribution >= 0.6 is 15.9 Å². The van der Waals surface area contributed by atoms with Crippen LogP contribution in [0.4, 0.5) is 11.4 Å². The Hall–Kier alpha value is -3.02. The van der Waals surface area contributed by atoms with Crippen molar-refractivity contribution in [2.24, 2.45) is 11.8 Å². The third kappa shape index (κ3) is 5.83. The van der Waals surface area contributed by atoms with Gasteiger partial charge in [-0.15, -0.1) is 0 Å². The summed E-state index contributed by atoms with van der Waals surface area (Å²) in [5.74, 6) is 0.624. The second kappa shape index (κ2) is 13.2. The molecule has 46 heavy (non-hydrogen) atoms. The van der Waals surface area contributed by atoms with Crippen molar-refractivity contribution < 1.29 is 24.2 Å². The second-order valence-corrected chi connectivity index (χ2v) is 19.1. The number of nitrogens with one attached hydrogen (secondary N) is 2. The second-order valence-electron chi connectivity index (χ2n) is 13.5. The number of aliphatic hydroxyl groups is 1. The Morgan fingerprint density at radius 1 is 1.15 bits per heavy atom. The maximum atomic E-state index is 14.8. The number of amides is 2. The molecule has 0 bridgehead atoms. The fourth-order valence-corrected chi connectivity index (χ4v) is 12.5. The molecule has 0 saturated carbocycles. The Kier molecular flexibility index (Phi) is 9.47. The van der Waals surface area contributed by atoms with Gasteiger partial charge in [0.15, 0.2) is 5.60 Å². The van der Waals surface area contributed by atoms with Crippen LogP contribution in [-0.4, -0.2) is 57.9 Å². The lowest BCUT2D eigenvalue weighted by Gasteiger charge is -2.37. The Morgan fingerprint density at radius 2 is 1.89 bits per heavy atom. The van der Waals surface area contributed by atoms with Crippen LogP contribution in [0.25, 0.3) is 0 Å². The smallest absolute Gasteiger partial charge is 0.264 e. The van der Waals surface area contributed by atoms with Gasteiger partial charge >= 0.3 is 0 Å². The van der Waals surface area contributed by atoms with Crippen LogP contribution in [0.5, 0.6) is 5.75 Å². The van der Waals surface area contributed by atoms with Crippen molar-refractivity contribution in [1.82, 2.24) is 5.32 Å². The van der Waals surface area contributed by atoms with Crippen molar-refractivity contribution in [3.63, 3.8) is 0 Å². The Morgan fingerprint density at radius 3 is 2.54 bits per heavy atom. The highest BCUT2D eigenvalue weighted by molar-refractivity contribution is 9.10. The average molecular weight is 707 g/mol. The molecule has 0 aromatic heterocycles. The molecular formula is C36H44BrN3O5Si. The van der Waals surface area contributed by atoms with Crippen molar-refractivity contribution in [2.75, 3.05) is 37.0 Å². The predicted octanol–water partition coefficient (Wildman–Crippen LogP) is 5.54. The van der Waals surface area contributed by atoms with Gasteiger partial charge in [0.1, 0.15) is 5.75 Å². The summed E-state index contributed by atoms with van der Waals surface area (Å²) < 4.78 is 13.3. The van der Waals surface area contributed by atoms with Gasteiger partial charge in [0.2, 0.25) is 5.91 Å². The average Bonchev–Trinajstić information content (AvgIpc) is 3.48. The maximum absolute atomic E-state index is 14.8. The summed E-state index contributed by atoms with van der Waals surface area (Å²) in [5.41, 5.74) is 2.33. The number of piperidine rings is 1. The topological polar surface area (TPSA) is 100 Å². The van der Waals surface area contributed by atoms with Gasteiger partial charge in [-0.25, -0.2) is 0 Å². The zero-order valence-electron chi connectivity index (χ0n) is 27.0. The highest BCUT2D eigenvalue weighted by atomic mass is 79.9. The molecule has 0 radical (unpaired) electrons. The Labute approximate surface area is 281 Å². The van der Waals surface area contributed by atoms with Crippen LogP contribution in [0.3, 0.4) is 0 Å². The van der Waals surface area contributed by atoms with Gasteiger partial charge < -0.3 is 30.1 Å². The molecule has 2 amide bonds. The van der Waals surface area contributed by atoms with E-state index in [1.165, 1.54) is 5.19 Å². The number of halogens is 1. The molecular weight excluding hydrogens is 662 g/mol. The molecule has 3 aliphatic heterocycles. The first-order valence-corrected chi connectivity index (χ1v) is 20.1. The zero-order chi connectivity index (χ0) is 32.6. The lowest BCUT2D eigenvalue weighted by molar-refractivity contribution is -0.146. The Balaban J connectivity index is 1.30. The minimum Gasteiger partial charge on any atom is -0.497 e. The van der Waals surface area contributed by atoms with Gasteiger partial charge in [0.05, 0.1) is 39.4 Å². The highest BCUT2D eigenvalue weighted by Gasteiger charge is 2.66. The number of ether oxygens (including phenoxy) is 2. The minimum atomic E-state index is -2.24.